The molecule has 0 spiro atoms. The van der Waals surface area contributed by atoms with Crippen LogP contribution in [-0.2, 0) is 0 Å². The van der Waals surface area contributed by atoms with Crippen LogP contribution in [0.15, 0.2) is 42.5 Å². The summed E-state index contributed by atoms with van der Waals surface area (Å²) in [6.45, 7) is 0. The van der Waals surface area contributed by atoms with Gasteiger partial charge in [-0.15, -0.1) is 0 Å². The molecular weight excluding hydrogens is 246 g/mol. The molecule has 5 heteroatoms. The van der Waals surface area contributed by atoms with Crippen molar-refractivity contribution in [3.05, 3.63) is 58.1 Å². The highest BCUT2D eigenvalue weighted by Crippen LogP contribution is 2.27. The Morgan fingerprint density at radius 2 is 1.89 bits per heavy atom. The predicted octanol–water partition coefficient (Wildman–Crippen LogP) is 3.08. The van der Waals surface area contributed by atoms with E-state index < -0.39 is 4.92 Å². The lowest BCUT2D eigenvalue weighted by atomic mass is 10.0. The SMILES string of the molecule is COc1cccc(-c2ccc([N+](=O)[O-])c(C=O)c2)c1. The molecule has 0 saturated carbocycles. The minimum absolute atomic E-state index is 0.0605. The third-order valence-corrected chi connectivity index (χ3v) is 2.75. The average Bonchev–Trinajstić information content (AvgIpc) is 2.46. The highest BCUT2D eigenvalue weighted by atomic mass is 16.6. The van der Waals surface area contributed by atoms with Crippen molar-refractivity contribution in [1.29, 1.82) is 0 Å². The Kier molecular flexibility index (Phi) is 3.56. The van der Waals surface area contributed by atoms with Crippen LogP contribution in [0.2, 0.25) is 0 Å². The van der Waals surface area contributed by atoms with Crippen molar-refractivity contribution in [2.75, 3.05) is 7.11 Å². The van der Waals surface area contributed by atoms with E-state index in [0.717, 1.165) is 11.1 Å². The topological polar surface area (TPSA) is 69.4 Å². The second kappa shape index (κ2) is 5.30. The van der Waals surface area contributed by atoms with E-state index in [9.17, 15) is 14.9 Å². The van der Waals surface area contributed by atoms with Crippen LogP contribution >= 0.6 is 0 Å². The number of methoxy groups -OCH3 is 1. The second-order valence-electron chi connectivity index (χ2n) is 3.88. The van der Waals surface area contributed by atoms with Gasteiger partial charge >= 0.3 is 0 Å². The maximum Gasteiger partial charge on any atom is 0.279 e. The average molecular weight is 257 g/mol. The molecule has 0 bridgehead atoms. The summed E-state index contributed by atoms with van der Waals surface area (Å²) in [5.74, 6) is 0.684. The van der Waals surface area contributed by atoms with Gasteiger partial charge < -0.3 is 4.74 Å². The van der Waals surface area contributed by atoms with Gasteiger partial charge in [0, 0.05) is 6.07 Å². The summed E-state index contributed by atoms with van der Waals surface area (Å²) in [6.07, 6.45) is 0.488. The first-order chi connectivity index (χ1) is 9.15. The molecule has 0 N–H and O–H groups in total. The van der Waals surface area contributed by atoms with Gasteiger partial charge in [-0.2, -0.15) is 0 Å². The van der Waals surface area contributed by atoms with Crippen LogP contribution in [0.5, 0.6) is 5.75 Å². The molecule has 0 radical (unpaired) electrons. The molecule has 2 aromatic carbocycles. The first-order valence-corrected chi connectivity index (χ1v) is 5.53. The molecule has 0 fully saturated rings. The third-order valence-electron chi connectivity index (χ3n) is 2.75. The minimum atomic E-state index is -0.570. The van der Waals surface area contributed by atoms with Gasteiger partial charge in [-0.05, 0) is 35.4 Å². The summed E-state index contributed by atoms with van der Waals surface area (Å²) in [6, 6.07) is 11.7. The molecular formula is C14H11NO4. The van der Waals surface area contributed by atoms with Crippen LogP contribution in [-0.4, -0.2) is 18.3 Å². The van der Waals surface area contributed by atoms with Crippen molar-refractivity contribution in [3.8, 4) is 16.9 Å². The van der Waals surface area contributed by atoms with E-state index in [1.165, 1.54) is 12.1 Å². The lowest BCUT2D eigenvalue weighted by molar-refractivity contribution is -0.385. The molecule has 0 amide bonds. The fraction of sp³-hybridized carbons (Fsp3) is 0.0714. The molecule has 5 nitrogen and oxygen atoms in total. The number of carbonyl (C=O) groups excluding carboxylic acids is 1. The first-order valence-electron chi connectivity index (χ1n) is 5.53. The van der Waals surface area contributed by atoms with E-state index in [4.69, 9.17) is 4.74 Å². The number of benzene rings is 2. The van der Waals surface area contributed by atoms with E-state index in [1.54, 1.807) is 25.3 Å². The van der Waals surface area contributed by atoms with E-state index in [2.05, 4.69) is 0 Å². The molecule has 0 heterocycles. The monoisotopic (exact) mass is 257 g/mol. The largest absolute Gasteiger partial charge is 0.497 e. The number of carbonyl (C=O) groups is 1. The van der Waals surface area contributed by atoms with Gasteiger partial charge in [0.25, 0.3) is 5.69 Å². The molecule has 0 aromatic heterocycles. The van der Waals surface area contributed by atoms with Gasteiger partial charge in [-0.3, -0.25) is 14.9 Å². The zero-order valence-electron chi connectivity index (χ0n) is 10.2. The van der Waals surface area contributed by atoms with Crippen LogP contribution in [0.4, 0.5) is 5.69 Å². The number of hydrogen-bond acceptors (Lipinski definition) is 4. The second-order valence-corrected chi connectivity index (χ2v) is 3.88. The maximum absolute atomic E-state index is 10.9. The molecule has 0 aliphatic carbocycles. The summed E-state index contributed by atoms with van der Waals surface area (Å²) >= 11 is 0. The molecule has 2 rings (SSSR count). The van der Waals surface area contributed by atoms with Crippen molar-refractivity contribution in [2.24, 2.45) is 0 Å². The summed E-state index contributed by atoms with van der Waals surface area (Å²) in [5, 5.41) is 10.8. The Bertz CT molecular complexity index is 637. The van der Waals surface area contributed by atoms with Crippen molar-refractivity contribution < 1.29 is 14.5 Å². The molecule has 0 atom stereocenters. The van der Waals surface area contributed by atoms with Crippen LogP contribution < -0.4 is 4.74 Å². The molecule has 19 heavy (non-hydrogen) atoms. The number of aldehydes is 1. The van der Waals surface area contributed by atoms with Crippen LogP contribution in [0.3, 0.4) is 0 Å². The number of nitro groups is 1. The van der Waals surface area contributed by atoms with Gasteiger partial charge in [0.05, 0.1) is 17.6 Å². The van der Waals surface area contributed by atoms with Gasteiger partial charge in [0.15, 0.2) is 6.29 Å². The fourth-order valence-electron chi connectivity index (χ4n) is 1.80. The Morgan fingerprint density at radius 3 is 2.53 bits per heavy atom. The Labute approximate surface area is 109 Å². The van der Waals surface area contributed by atoms with Crippen LogP contribution in [0.25, 0.3) is 11.1 Å². The van der Waals surface area contributed by atoms with E-state index in [0.29, 0.717) is 12.0 Å². The first kappa shape index (κ1) is 12.8. The molecule has 96 valence electrons. The lowest BCUT2D eigenvalue weighted by Crippen LogP contribution is -1.94. The van der Waals surface area contributed by atoms with Gasteiger partial charge in [-0.25, -0.2) is 0 Å². The number of nitro benzene ring substituents is 1. The summed E-state index contributed by atoms with van der Waals surface area (Å²) in [7, 11) is 1.56. The molecule has 0 unspecified atom stereocenters. The van der Waals surface area contributed by atoms with Crippen molar-refractivity contribution in [2.45, 2.75) is 0 Å². The van der Waals surface area contributed by atoms with Crippen molar-refractivity contribution in [3.63, 3.8) is 0 Å². The lowest BCUT2D eigenvalue weighted by Gasteiger charge is -2.05. The number of ether oxygens (including phenoxy) is 1. The van der Waals surface area contributed by atoms with Crippen LogP contribution in [0, 0.1) is 10.1 Å². The van der Waals surface area contributed by atoms with Crippen LogP contribution in [0.1, 0.15) is 10.4 Å². The highest BCUT2D eigenvalue weighted by molar-refractivity contribution is 5.84. The fourth-order valence-corrected chi connectivity index (χ4v) is 1.80. The number of nitrogens with zero attached hydrogens (tertiary/aromatic N) is 1. The quantitative estimate of drug-likeness (QED) is 0.479. The highest BCUT2D eigenvalue weighted by Gasteiger charge is 2.14. The number of hydrogen-bond donors (Lipinski definition) is 0. The standard InChI is InChI=1S/C14H11NO4/c1-19-13-4-2-3-10(8-13)11-5-6-14(15(17)18)12(7-11)9-16/h2-9H,1H3. The van der Waals surface area contributed by atoms with Gasteiger partial charge in [0.1, 0.15) is 5.75 Å². The van der Waals surface area contributed by atoms with Crippen molar-refractivity contribution in [1.82, 2.24) is 0 Å². The Hall–Kier alpha value is -2.69. The Balaban J connectivity index is 2.51. The molecule has 0 aliphatic rings. The van der Waals surface area contributed by atoms with Crippen molar-refractivity contribution >= 4 is 12.0 Å². The van der Waals surface area contributed by atoms with E-state index in [-0.39, 0.29) is 11.3 Å². The number of rotatable bonds is 4. The third kappa shape index (κ3) is 2.60. The summed E-state index contributed by atoms with van der Waals surface area (Å²) in [5.41, 5.74) is 1.43. The zero-order chi connectivity index (χ0) is 13.8. The van der Waals surface area contributed by atoms with Gasteiger partial charge in [-0.1, -0.05) is 12.1 Å². The molecule has 0 saturated heterocycles. The zero-order valence-corrected chi connectivity index (χ0v) is 10.2. The smallest absolute Gasteiger partial charge is 0.279 e. The summed E-state index contributed by atoms with van der Waals surface area (Å²) < 4.78 is 5.12. The maximum atomic E-state index is 10.9. The van der Waals surface area contributed by atoms with E-state index >= 15 is 0 Å². The van der Waals surface area contributed by atoms with Gasteiger partial charge in [0.2, 0.25) is 0 Å². The van der Waals surface area contributed by atoms with E-state index in [1.807, 2.05) is 12.1 Å². The minimum Gasteiger partial charge on any atom is -0.497 e. The predicted molar refractivity (Wildman–Crippen MR) is 70.5 cm³/mol. The molecule has 0 aliphatic heterocycles. The normalized spacial score (nSPS) is 9.95. The Morgan fingerprint density at radius 1 is 1.16 bits per heavy atom. The summed E-state index contributed by atoms with van der Waals surface area (Å²) in [4.78, 5) is 21.1. The molecule has 2 aromatic rings.